The predicted molar refractivity (Wildman–Crippen MR) is 216 cm³/mol. The Balaban J connectivity index is 0.000000306. The molecule has 4 aromatic rings. The second-order valence-corrected chi connectivity index (χ2v) is 17.7. The lowest BCUT2D eigenvalue weighted by molar-refractivity contribution is 0.0684. The first kappa shape index (κ1) is 45.8. The quantitative estimate of drug-likeness (QED) is 0.0894. The van der Waals surface area contributed by atoms with Gasteiger partial charge in [0.05, 0.1) is 0 Å². The number of nitrogens with one attached hydrogen (secondary N) is 4. The van der Waals surface area contributed by atoms with Gasteiger partial charge in [-0.1, -0.05) is 98.7 Å². The van der Waals surface area contributed by atoms with Gasteiger partial charge in [-0.25, -0.2) is 23.8 Å². The number of hydrogen-bond acceptors (Lipinski definition) is 10. The highest BCUT2D eigenvalue weighted by Crippen LogP contribution is 2.33. The van der Waals surface area contributed by atoms with Crippen LogP contribution in [0.4, 0.5) is 21.0 Å². The van der Waals surface area contributed by atoms with Crippen molar-refractivity contribution in [3.05, 3.63) is 82.2 Å². The van der Waals surface area contributed by atoms with Crippen LogP contribution < -0.4 is 20.1 Å². The van der Waals surface area contributed by atoms with E-state index in [2.05, 4.69) is 20.8 Å². The summed E-state index contributed by atoms with van der Waals surface area (Å²) in [7, 11) is -5.79. The molecule has 2 aromatic carbocycles. The van der Waals surface area contributed by atoms with Gasteiger partial charge in [0.15, 0.2) is 15.8 Å². The monoisotopic (exact) mass is 828 g/mol. The highest BCUT2D eigenvalue weighted by molar-refractivity contribution is 7.90. The van der Waals surface area contributed by atoms with Crippen LogP contribution in [-0.2, 0) is 34.1 Å². The van der Waals surface area contributed by atoms with Crippen molar-refractivity contribution in [1.29, 1.82) is 0 Å². The van der Waals surface area contributed by atoms with Crippen molar-refractivity contribution in [1.82, 2.24) is 29.0 Å². The summed E-state index contributed by atoms with van der Waals surface area (Å²) in [6, 6.07) is 11.6. The van der Waals surface area contributed by atoms with Gasteiger partial charge < -0.3 is 15.7 Å². The molecule has 0 aliphatic heterocycles. The molecule has 4 rings (SSSR count). The highest BCUT2D eigenvalue weighted by Gasteiger charge is 2.27. The molecule has 19 heteroatoms. The molecule has 0 radical (unpaired) electrons. The molecule has 0 aliphatic rings. The number of aromatic carboxylic acids is 1. The Kier molecular flexibility index (Phi) is 14.9. The van der Waals surface area contributed by atoms with Crippen LogP contribution in [0, 0.1) is 0 Å². The van der Waals surface area contributed by atoms with E-state index in [1.165, 1.54) is 24.8 Å². The minimum Gasteiger partial charge on any atom is -0.477 e. The lowest BCUT2D eigenvalue weighted by Crippen LogP contribution is -2.35. The largest absolute Gasteiger partial charge is 0.477 e. The fraction of sp³-hybridized carbons (Fsp3) is 0.421. The number of carbonyl (C=O) groups excluding carboxylic acids is 3. The molecule has 0 unspecified atom stereocenters. The highest BCUT2D eigenvalue weighted by atomic mass is 32.2. The number of aryl methyl sites for hydroxylation is 2. The Hall–Kier alpha value is -5.56. The third-order valence-electron chi connectivity index (χ3n) is 8.77. The Morgan fingerprint density at radius 2 is 0.930 bits per heavy atom. The van der Waals surface area contributed by atoms with Crippen LogP contribution in [0.1, 0.15) is 136 Å². The van der Waals surface area contributed by atoms with E-state index in [9.17, 15) is 36.0 Å². The molecule has 0 fully saturated rings. The maximum atomic E-state index is 12.6. The number of carboxylic acids is 1. The fourth-order valence-corrected chi connectivity index (χ4v) is 7.60. The first-order chi connectivity index (χ1) is 26.4. The summed E-state index contributed by atoms with van der Waals surface area (Å²) in [4.78, 5) is 47.9. The molecular formula is C38H52N8O9S2. The topological polar surface area (TPSA) is 241 Å². The molecule has 2 aromatic heterocycles. The van der Waals surface area contributed by atoms with Crippen molar-refractivity contribution in [2.75, 3.05) is 10.6 Å². The van der Waals surface area contributed by atoms with E-state index in [1.807, 2.05) is 101 Å². The van der Waals surface area contributed by atoms with Crippen molar-refractivity contribution in [2.45, 2.75) is 102 Å². The number of aromatic nitrogens is 4. The maximum Gasteiger partial charge on any atom is 0.354 e. The van der Waals surface area contributed by atoms with Gasteiger partial charge >= 0.3 is 18.0 Å². The zero-order chi connectivity index (χ0) is 43.2. The second kappa shape index (κ2) is 18.6. The normalized spacial score (nSPS) is 11.7. The lowest BCUT2D eigenvalue weighted by Gasteiger charge is -2.20. The molecular weight excluding hydrogens is 777 g/mol. The smallest absolute Gasteiger partial charge is 0.354 e. The summed E-state index contributed by atoms with van der Waals surface area (Å²) < 4.78 is 56.0. The predicted octanol–water partition coefficient (Wildman–Crippen LogP) is 6.65. The standard InChI is InChI=1S/C20H28N4O4S.C18H24N4O5S/c1-7-17(25)16-11-18(22-24(16)6)29(27,28)23-20(26)21-19-14(12(2)3)9-8-10-15(19)13(4)5;1-10(2)12-7-6-8-13(11(3)4)16(12)19-18(25)21-28(26,27)15-9-14(17(23)24)22(5)20-15/h8-13H,7H2,1-6H3,(H2,21,23,26);6-11H,1-5H3,(H,23,24)(H2,19,21,25). The summed E-state index contributed by atoms with van der Waals surface area (Å²) in [6.45, 7) is 17.6. The number of nitrogens with zero attached hydrogens (tertiary/aromatic N) is 4. The number of rotatable bonds is 13. The fourth-order valence-electron chi connectivity index (χ4n) is 5.80. The van der Waals surface area contributed by atoms with Gasteiger partial charge in [-0.05, 0) is 45.9 Å². The van der Waals surface area contributed by atoms with Gasteiger partial charge in [0, 0.05) is 44.0 Å². The number of para-hydroxylation sites is 2. The molecule has 17 nitrogen and oxygen atoms in total. The van der Waals surface area contributed by atoms with Crippen molar-refractivity contribution >= 4 is 55.2 Å². The first-order valence-corrected chi connectivity index (χ1v) is 21.2. The minimum atomic E-state index is -4.34. The Bertz CT molecular complexity index is 2310. The van der Waals surface area contributed by atoms with Crippen LogP contribution in [0.15, 0.2) is 58.6 Å². The third-order valence-corrected chi connectivity index (χ3v) is 11.2. The second-order valence-electron chi connectivity index (χ2n) is 14.4. The number of anilines is 2. The summed E-state index contributed by atoms with van der Waals surface area (Å²) >= 11 is 0. The van der Waals surface area contributed by atoms with E-state index < -0.39 is 43.1 Å². The SMILES string of the molecule is CC(C)c1cccc(C(C)C)c1NC(=O)NS(=O)(=O)c1cc(C(=O)O)n(C)n1.CCC(=O)c1cc(S(=O)(=O)NC(=O)Nc2c(C(C)C)cccc2C(C)C)nn1C. The molecule has 57 heavy (non-hydrogen) atoms. The first-order valence-electron chi connectivity index (χ1n) is 18.2. The summed E-state index contributed by atoms with van der Waals surface area (Å²) in [6.07, 6.45) is 0.219. The van der Waals surface area contributed by atoms with Crippen molar-refractivity contribution < 1.29 is 41.1 Å². The van der Waals surface area contributed by atoms with E-state index in [-0.39, 0.29) is 52.3 Å². The molecule has 2 heterocycles. The van der Waals surface area contributed by atoms with Crippen LogP contribution in [0.25, 0.3) is 0 Å². The number of sulfonamides is 2. The molecule has 0 bridgehead atoms. The van der Waals surface area contributed by atoms with Gasteiger partial charge in [0.25, 0.3) is 20.0 Å². The number of carbonyl (C=O) groups is 4. The lowest BCUT2D eigenvalue weighted by atomic mass is 9.93. The van der Waals surface area contributed by atoms with Crippen LogP contribution in [-0.4, -0.2) is 65.3 Å². The molecule has 0 saturated carbocycles. The zero-order valence-electron chi connectivity index (χ0n) is 34.0. The minimum absolute atomic E-state index is 0.111. The van der Waals surface area contributed by atoms with Crippen LogP contribution >= 0.6 is 0 Å². The van der Waals surface area contributed by atoms with E-state index in [4.69, 9.17) is 5.11 Å². The van der Waals surface area contributed by atoms with Crippen LogP contribution in [0.2, 0.25) is 0 Å². The van der Waals surface area contributed by atoms with Gasteiger partial charge in [0.1, 0.15) is 11.4 Å². The Labute approximate surface area is 333 Å². The molecule has 0 aliphatic carbocycles. The number of amides is 4. The number of hydrogen-bond donors (Lipinski definition) is 5. The zero-order valence-corrected chi connectivity index (χ0v) is 35.6. The molecule has 4 amide bonds. The van der Waals surface area contributed by atoms with Gasteiger partial charge in [-0.15, -0.1) is 0 Å². The average molecular weight is 829 g/mol. The van der Waals surface area contributed by atoms with Crippen molar-refractivity contribution in [3.63, 3.8) is 0 Å². The van der Waals surface area contributed by atoms with Crippen molar-refractivity contribution in [3.8, 4) is 0 Å². The molecule has 310 valence electrons. The van der Waals surface area contributed by atoms with E-state index in [0.29, 0.717) is 11.4 Å². The Morgan fingerprint density at radius 1 is 0.614 bits per heavy atom. The maximum absolute atomic E-state index is 12.6. The third kappa shape index (κ3) is 11.3. The number of benzene rings is 2. The number of Topliss-reactive ketones (excluding diaryl/α,β-unsaturated/α-hetero) is 1. The molecule has 0 atom stereocenters. The van der Waals surface area contributed by atoms with Gasteiger partial charge in [-0.3, -0.25) is 14.2 Å². The number of carboxylic acid groups (broad SMARTS) is 1. The van der Waals surface area contributed by atoms with E-state index in [1.54, 1.807) is 6.92 Å². The molecule has 5 N–H and O–H groups in total. The van der Waals surface area contributed by atoms with Crippen LogP contribution in [0.3, 0.4) is 0 Å². The summed E-state index contributed by atoms with van der Waals surface area (Å²) in [5, 5.41) is 21.0. The molecule has 0 spiro atoms. The van der Waals surface area contributed by atoms with E-state index >= 15 is 0 Å². The van der Waals surface area contributed by atoms with Crippen LogP contribution in [0.5, 0.6) is 0 Å². The number of ketones is 1. The Morgan fingerprint density at radius 3 is 1.21 bits per heavy atom. The average Bonchev–Trinajstić information content (AvgIpc) is 3.71. The molecule has 0 saturated heterocycles. The van der Waals surface area contributed by atoms with Gasteiger partial charge in [0.2, 0.25) is 0 Å². The number of urea groups is 2. The van der Waals surface area contributed by atoms with Gasteiger partial charge in [-0.2, -0.15) is 27.0 Å². The summed E-state index contributed by atoms with van der Waals surface area (Å²) in [5.41, 5.74) is 4.61. The van der Waals surface area contributed by atoms with E-state index in [0.717, 1.165) is 33.0 Å². The van der Waals surface area contributed by atoms with Crippen molar-refractivity contribution in [2.24, 2.45) is 14.1 Å². The summed E-state index contributed by atoms with van der Waals surface area (Å²) in [5.74, 6) is -1.07.